The van der Waals surface area contributed by atoms with Gasteiger partial charge in [0, 0.05) is 31.5 Å². The molecule has 1 aliphatic heterocycles. The summed E-state index contributed by atoms with van der Waals surface area (Å²) < 4.78 is 5.18. The van der Waals surface area contributed by atoms with Crippen molar-refractivity contribution in [3.05, 3.63) is 53.9 Å². The van der Waals surface area contributed by atoms with Crippen molar-refractivity contribution >= 4 is 11.6 Å². The van der Waals surface area contributed by atoms with E-state index in [0.717, 1.165) is 50.3 Å². The molecule has 26 heavy (non-hydrogen) atoms. The van der Waals surface area contributed by atoms with Crippen LogP contribution >= 0.6 is 0 Å². The van der Waals surface area contributed by atoms with E-state index in [0.29, 0.717) is 11.6 Å². The maximum absolute atomic E-state index is 12.6. The van der Waals surface area contributed by atoms with E-state index in [2.05, 4.69) is 29.4 Å². The third kappa shape index (κ3) is 4.75. The second-order valence-electron chi connectivity index (χ2n) is 6.93. The van der Waals surface area contributed by atoms with Gasteiger partial charge in [-0.15, -0.1) is 0 Å². The summed E-state index contributed by atoms with van der Waals surface area (Å²) in [6, 6.07) is 11.8. The first-order chi connectivity index (χ1) is 12.7. The molecule has 5 heteroatoms. The molecule has 3 rings (SSSR count). The van der Waals surface area contributed by atoms with E-state index in [9.17, 15) is 4.79 Å². The lowest BCUT2D eigenvalue weighted by molar-refractivity contribution is 0.0691. The number of methoxy groups -OCH3 is 1. The molecule has 1 aliphatic rings. The number of ether oxygens (including phenoxy) is 1. The predicted octanol–water partition coefficient (Wildman–Crippen LogP) is 3.62. The van der Waals surface area contributed by atoms with E-state index in [1.54, 1.807) is 13.3 Å². The van der Waals surface area contributed by atoms with Crippen molar-refractivity contribution in [1.82, 2.24) is 9.88 Å². The van der Waals surface area contributed by atoms with Gasteiger partial charge in [-0.1, -0.05) is 19.1 Å². The number of hydrogen-bond acceptors (Lipinski definition) is 4. The second-order valence-corrected chi connectivity index (χ2v) is 6.93. The standard InChI is InChI=1S/C21H27N3O2/c1-16-9-13-24(14-10-16)21(25)20-15-18(8-12-23-20)22-11-7-17-3-5-19(26-2)6-4-17/h3-6,8,12,15-16H,7,9-11,13-14H2,1-2H3,(H,22,23). The van der Waals surface area contributed by atoms with E-state index in [-0.39, 0.29) is 5.91 Å². The maximum Gasteiger partial charge on any atom is 0.272 e. The zero-order valence-corrected chi connectivity index (χ0v) is 15.6. The van der Waals surface area contributed by atoms with Gasteiger partial charge in [0.05, 0.1) is 7.11 Å². The summed E-state index contributed by atoms with van der Waals surface area (Å²) in [5.41, 5.74) is 2.70. The molecule has 0 aliphatic carbocycles. The van der Waals surface area contributed by atoms with Gasteiger partial charge in [0.25, 0.3) is 5.91 Å². The van der Waals surface area contributed by atoms with Crippen LogP contribution in [0.4, 0.5) is 5.69 Å². The van der Waals surface area contributed by atoms with Crippen molar-refractivity contribution in [3.8, 4) is 5.75 Å². The number of piperidine rings is 1. The fraction of sp³-hybridized carbons (Fsp3) is 0.429. The molecular formula is C21H27N3O2. The van der Waals surface area contributed by atoms with Gasteiger partial charge >= 0.3 is 0 Å². The maximum atomic E-state index is 12.6. The molecule has 1 N–H and O–H groups in total. The molecule has 5 nitrogen and oxygen atoms in total. The Labute approximate surface area is 155 Å². The van der Waals surface area contributed by atoms with E-state index >= 15 is 0 Å². The third-order valence-corrected chi connectivity index (χ3v) is 4.95. The molecule has 0 saturated carbocycles. The summed E-state index contributed by atoms with van der Waals surface area (Å²) in [5.74, 6) is 1.61. The van der Waals surface area contributed by atoms with Gasteiger partial charge in [0.2, 0.25) is 0 Å². The highest BCUT2D eigenvalue weighted by atomic mass is 16.5. The number of carbonyl (C=O) groups is 1. The summed E-state index contributed by atoms with van der Waals surface area (Å²) in [4.78, 5) is 18.8. The van der Waals surface area contributed by atoms with Gasteiger partial charge in [0.1, 0.15) is 11.4 Å². The molecule has 1 aromatic heterocycles. The Morgan fingerprint density at radius 2 is 1.96 bits per heavy atom. The summed E-state index contributed by atoms with van der Waals surface area (Å²) in [6.07, 6.45) is 4.76. The van der Waals surface area contributed by atoms with Crippen molar-refractivity contribution in [2.75, 3.05) is 32.1 Å². The van der Waals surface area contributed by atoms with E-state index in [1.807, 2.05) is 29.2 Å². The molecule has 1 fully saturated rings. The summed E-state index contributed by atoms with van der Waals surface area (Å²) in [7, 11) is 1.67. The lowest BCUT2D eigenvalue weighted by atomic mass is 9.99. The normalized spacial score (nSPS) is 14.9. The molecule has 1 saturated heterocycles. The summed E-state index contributed by atoms with van der Waals surface area (Å²) >= 11 is 0. The Kier molecular flexibility index (Phi) is 6.10. The number of likely N-dealkylation sites (tertiary alicyclic amines) is 1. The van der Waals surface area contributed by atoms with Gasteiger partial charge < -0.3 is 15.0 Å². The van der Waals surface area contributed by atoms with Crippen LogP contribution < -0.4 is 10.1 Å². The first-order valence-electron chi connectivity index (χ1n) is 9.28. The van der Waals surface area contributed by atoms with Crippen LogP contribution in [0.5, 0.6) is 5.75 Å². The monoisotopic (exact) mass is 353 g/mol. The summed E-state index contributed by atoms with van der Waals surface area (Å²) in [6.45, 7) is 4.70. The first-order valence-corrected chi connectivity index (χ1v) is 9.28. The van der Waals surface area contributed by atoms with Crippen LogP contribution in [0.1, 0.15) is 35.8 Å². The van der Waals surface area contributed by atoms with Crippen LogP contribution in [0.2, 0.25) is 0 Å². The van der Waals surface area contributed by atoms with Crippen LogP contribution in [0.25, 0.3) is 0 Å². The second kappa shape index (κ2) is 8.70. The quantitative estimate of drug-likeness (QED) is 0.862. The highest BCUT2D eigenvalue weighted by Gasteiger charge is 2.22. The molecule has 0 bridgehead atoms. The van der Waals surface area contributed by atoms with E-state index in [4.69, 9.17) is 4.74 Å². The number of rotatable bonds is 6. The third-order valence-electron chi connectivity index (χ3n) is 4.95. The van der Waals surface area contributed by atoms with Gasteiger partial charge in [-0.25, -0.2) is 0 Å². The zero-order chi connectivity index (χ0) is 18.4. The number of nitrogens with zero attached hydrogens (tertiary/aromatic N) is 2. The number of carbonyl (C=O) groups excluding carboxylic acids is 1. The molecule has 138 valence electrons. The summed E-state index contributed by atoms with van der Waals surface area (Å²) in [5, 5.41) is 3.38. The minimum Gasteiger partial charge on any atom is -0.497 e. The molecule has 2 heterocycles. The molecule has 0 radical (unpaired) electrons. The lowest BCUT2D eigenvalue weighted by Gasteiger charge is -2.30. The number of anilines is 1. The number of amides is 1. The first kappa shape index (κ1) is 18.2. The number of benzene rings is 1. The number of nitrogens with one attached hydrogen (secondary N) is 1. The fourth-order valence-electron chi connectivity index (χ4n) is 3.17. The Morgan fingerprint density at radius 1 is 1.23 bits per heavy atom. The number of aromatic nitrogens is 1. The van der Waals surface area contributed by atoms with Gasteiger partial charge in [0.15, 0.2) is 0 Å². The van der Waals surface area contributed by atoms with Crippen LogP contribution in [0.3, 0.4) is 0 Å². The molecule has 0 spiro atoms. The van der Waals surface area contributed by atoms with Crippen LogP contribution in [-0.4, -0.2) is 42.5 Å². The highest BCUT2D eigenvalue weighted by molar-refractivity contribution is 5.93. The molecule has 0 atom stereocenters. The van der Waals surface area contributed by atoms with Crippen LogP contribution in [-0.2, 0) is 6.42 Å². The van der Waals surface area contributed by atoms with Gasteiger partial charge in [-0.05, 0) is 55.0 Å². The Balaban J connectivity index is 1.54. The minimum absolute atomic E-state index is 0.0377. The Bertz CT molecular complexity index is 722. The zero-order valence-electron chi connectivity index (χ0n) is 15.6. The predicted molar refractivity (Wildman–Crippen MR) is 104 cm³/mol. The van der Waals surface area contributed by atoms with E-state index < -0.39 is 0 Å². The highest BCUT2D eigenvalue weighted by Crippen LogP contribution is 2.19. The van der Waals surface area contributed by atoms with Crippen LogP contribution in [0, 0.1) is 5.92 Å². The van der Waals surface area contributed by atoms with Crippen molar-refractivity contribution in [2.45, 2.75) is 26.2 Å². The van der Waals surface area contributed by atoms with Crippen molar-refractivity contribution in [2.24, 2.45) is 5.92 Å². The van der Waals surface area contributed by atoms with E-state index in [1.165, 1.54) is 5.56 Å². The average molecular weight is 353 g/mol. The molecule has 1 amide bonds. The SMILES string of the molecule is COc1ccc(CCNc2ccnc(C(=O)N3CCC(C)CC3)c2)cc1. The van der Waals surface area contributed by atoms with Crippen LogP contribution in [0.15, 0.2) is 42.6 Å². The minimum atomic E-state index is 0.0377. The number of hydrogen-bond donors (Lipinski definition) is 1. The molecule has 1 aromatic carbocycles. The molecular weight excluding hydrogens is 326 g/mol. The average Bonchev–Trinajstić information content (AvgIpc) is 2.69. The van der Waals surface area contributed by atoms with Crippen molar-refractivity contribution in [3.63, 3.8) is 0 Å². The largest absolute Gasteiger partial charge is 0.497 e. The fourth-order valence-corrected chi connectivity index (χ4v) is 3.17. The smallest absolute Gasteiger partial charge is 0.272 e. The topological polar surface area (TPSA) is 54.5 Å². The number of pyridine rings is 1. The van der Waals surface area contributed by atoms with Gasteiger partial charge in [-0.3, -0.25) is 9.78 Å². The molecule has 2 aromatic rings. The van der Waals surface area contributed by atoms with Gasteiger partial charge in [-0.2, -0.15) is 0 Å². The molecule has 0 unspecified atom stereocenters. The lowest BCUT2D eigenvalue weighted by Crippen LogP contribution is -2.38. The Hall–Kier alpha value is -2.56. The Morgan fingerprint density at radius 3 is 2.65 bits per heavy atom. The van der Waals surface area contributed by atoms with Crippen molar-refractivity contribution < 1.29 is 9.53 Å². The van der Waals surface area contributed by atoms with Crippen molar-refractivity contribution in [1.29, 1.82) is 0 Å².